The van der Waals surface area contributed by atoms with E-state index in [-0.39, 0.29) is 5.56 Å². The van der Waals surface area contributed by atoms with Crippen LogP contribution in [-0.4, -0.2) is 33.5 Å². The molecule has 0 fully saturated rings. The van der Waals surface area contributed by atoms with Crippen LogP contribution in [0.2, 0.25) is 0 Å². The van der Waals surface area contributed by atoms with E-state index in [1.807, 2.05) is 26.0 Å². The molecule has 8 heteroatoms. The predicted octanol–water partition coefficient (Wildman–Crippen LogP) is 2.21. The summed E-state index contributed by atoms with van der Waals surface area (Å²) >= 11 is 0. The van der Waals surface area contributed by atoms with Crippen molar-refractivity contribution in [2.45, 2.75) is 13.8 Å². The fraction of sp³-hybridized carbons (Fsp3) is 0.105. The summed E-state index contributed by atoms with van der Waals surface area (Å²) in [5.74, 6) is 0.595. The summed E-state index contributed by atoms with van der Waals surface area (Å²) in [4.78, 5) is 26.4. The molecule has 5 rings (SSSR count). The molecule has 5 aromatic heterocycles. The summed E-state index contributed by atoms with van der Waals surface area (Å²) in [5, 5.41) is 4.42. The minimum atomic E-state index is -0.170. The number of aromatic nitrogens is 7. The molecule has 27 heavy (non-hydrogen) atoms. The van der Waals surface area contributed by atoms with Gasteiger partial charge in [0.25, 0.3) is 5.56 Å². The Labute approximate surface area is 153 Å². The third-order valence-corrected chi connectivity index (χ3v) is 4.51. The third kappa shape index (κ3) is 2.27. The average molecular weight is 357 g/mol. The van der Waals surface area contributed by atoms with Crippen LogP contribution in [0, 0.1) is 13.8 Å². The Morgan fingerprint density at radius 3 is 2.81 bits per heavy atom. The van der Waals surface area contributed by atoms with E-state index in [1.165, 1.54) is 4.40 Å². The predicted molar refractivity (Wildman–Crippen MR) is 100 cm³/mol. The van der Waals surface area contributed by atoms with E-state index >= 15 is 0 Å². The molecule has 0 amide bonds. The molecule has 0 aliphatic rings. The fourth-order valence-electron chi connectivity index (χ4n) is 3.31. The van der Waals surface area contributed by atoms with Gasteiger partial charge < -0.3 is 0 Å². The third-order valence-electron chi connectivity index (χ3n) is 4.51. The van der Waals surface area contributed by atoms with E-state index in [4.69, 9.17) is 0 Å². The van der Waals surface area contributed by atoms with Crippen LogP contribution in [0.5, 0.6) is 0 Å². The van der Waals surface area contributed by atoms with Gasteiger partial charge in [-0.3, -0.25) is 13.8 Å². The molecule has 0 saturated carbocycles. The van der Waals surface area contributed by atoms with Crippen LogP contribution in [0.1, 0.15) is 11.4 Å². The summed E-state index contributed by atoms with van der Waals surface area (Å²) in [6.45, 7) is 3.92. The second-order valence-corrected chi connectivity index (χ2v) is 6.33. The number of aryl methyl sites for hydroxylation is 2. The number of fused-ring (bicyclic) bond motifs is 2. The lowest BCUT2D eigenvalue weighted by atomic mass is 10.3. The number of rotatable bonds is 2. The van der Waals surface area contributed by atoms with Gasteiger partial charge in [0.1, 0.15) is 17.2 Å². The largest absolute Gasteiger partial charge is 0.293 e. The number of nitrogens with zero attached hydrogens (tertiary/aromatic N) is 7. The van der Waals surface area contributed by atoms with Gasteiger partial charge in [-0.15, -0.1) is 0 Å². The van der Waals surface area contributed by atoms with Crippen molar-refractivity contribution < 1.29 is 0 Å². The van der Waals surface area contributed by atoms with Crippen molar-refractivity contribution in [1.82, 2.24) is 33.5 Å². The van der Waals surface area contributed by atoms with Crippen molar-refractivity contribution in [1.29, 1.82) is 0 Å². The lowest BCUT2D eigenvalue weighted by Crippen LogP contribution is -2.20. The summed E-state index contributed by atoms with van der Waals surface area (Å²) in [5.41, 5.74) is 4.17. The molecule has 0 spiro atoms. The van der Waals surface area contributed by atoms with Gasteiger partial charge in [0.2, 0.25) is 0 Å². The zero-order valence-electron chi connectivity index (χ0n) is 14.7. The van der Waals surface area contributed by atoms with Crippen LogP contribution in [0.4, 0.5) is 0 Å². The lowest BCUT2D eigenvalue weighted by molar-refractivity contribution is 0.886. The molecule has 0 bridgehead atoms. The highest BCUT2D eigenvalue weighted by atomic mass is 16.1. The van der Waals surface area contributed by atoms with Crippen LogP contribution >= 0.6 is 0 Å². The molecule has 5 aromatic rings. The monoisotopic (exact) mass is 357 g/mol. The van der Waals surface area contributed by atoms with Gasteiger partial charge in [-0.1, -0.05) is 6.07 Å². The highest BCUT2D eigenvalue weighted by molar-refractivity contribution is 5.74. The van der Waals surface area contributed by atoms with Crippen molar-refractivity contribution >= 4 is 11.3 Å². The Kier molecular flexibility index (Phi) is 3.20. The SMILES string of the molecule is Cc1cc(C)n2ncc(-c3nccn3-c3cnc4ccccn4c3=O)c2n1. The smallest absolute Gasteiger partial charge is 0.282 e. The molecule has 0 aliphatic carbocycles. The number of hydrogen-bond acceptors (Lipinski definition) is 5. The van der Waals surface area contributed by atoms with Gasteiger partial charge in [0.15, 0.2) is 5.65 Å². The molecule has 0 radical (unpaired) electrons. The molecular weight excluding hydrogens is 342 g/mol. The first-order chi connectivity index (χ1) is 13.1. The maximum Gasteiger partial charge on any atom is 0.282 e. The van der Waals surface area contributed by atoms with E-state index in [2.05, 4.69) is 20.1 Å². The standard InChI is InChI=1S/C19H15N7O/c1-12-9-13(2)26-18(23-12)14(10-22-26)17-20-6-8-24(17)15-11-21-16-5-3-4-7-25(16)19(15)27/h3-11H,1-2H3. The normalized spacial score (nSPS) is 11.5. The second kappa shape index (κ2) is 5.60. The first-order valence-electron chi connectivity index (χ1n) is 8.46. The van der Waals surface area contributed by atoms with Crippen LogP contribution in [0.3, 0.4) is 0 Å². The first-order valence-corrected chi connectivity index (χ1v) is 8.46. The number of hydrogen-bond donors (Lipinski definition) is 0. The first kappa shape index (κ1) is 15.4. The Bertz CT molecular complexity index is 1380. The average Bonchev–Trinajstić information content (AvgIpc) is 3.29. The van der Waals surface area contributed by atoms with E-state index in [9.17, 15) is 4.79 Å². The Balaban J connectivity index is 1.77. The molecule has 5 heterocycles. The fourth-order valence-corrected chi connectivity index (χ4v) is 3.31. The molecule has 132 valence electrons. The zero-order chi connectivity index (χ0) is 18.5. The summed E-state index contributed by atoms with van der Waals surface area (Å²) in [7, 11) is 0. The Morgan fingerprint density at radius 2 is 1.93 bits per heavy atom. The van der Waals surface area contributed by atoms with Crippen LogP contribution in [-0.2, 0) is 0 Å². The van der Waals surface area contributed by atoms with E-state index < -0.39 is 0 Å². The summed E-state index contributed by atoms with van der Waals surface area (Å²) in [6, 6.07) is 7.41. The molecule has 0 atom stereocenters. The molecule has 0 unspecified atom stereocenters. The van der Waals surface area contributed by atoms with Crippen LogP contribution < -0.4 is 5.56 Å². The molecule has 0 N–H and O–H groups in total. The molecule has 0 aliphatic heterocycles. The lowest BCUT2D eigenvalue weighted by Gasteiger charge is -2.08. The van der Waals surface area contributed by atoms with Gasteiger partial charge in [-0.25, -0.2) is 19.5 Å². The van der Waals surface area contributed by atoms with Gasteiger partial charge >= 0.3 is 0 Å². The summed E-state index contributed by atoms with van der Waals surface area (Å²) < 4.78 is 5.01. The summed E-state index contributed by atoms with van der Waals surface area (Å²) in [6.07, 6.45) is 8.39. The van der Waals surface area contributed by atoms with E-state index in [0.717, 1.165) is 17.0 Å². The minimum Gasteiger partial charge on any atom is -0.293 e. The second-order valence-electron chi connectivity index (χ2n) is 6.33. The van der Waals surface area contributed by atoms with Gasteiger partial charge in [-0.05, 0) is 32.0 Å². The Morgan fingerprint density at radius 1 is 1.04 bits per heavy atom. The molecular formula is C19H15N7O. The highest BCUT2D eigenvalue weighted by Gasteiger charge is 2.17. The van der Waals surface area contributed by atoms with Crippen molar-refractivity contribution in [3.8, 4) is 17.1 Å². The number of imidazole rings is 1. The van der Waals surface area contributed by atoms with Gasteiger partial charge in [0.05, 0.1) is 18.0 Å². The van der Waals surface area contributed by atoms with Crippen molar-refractivity contribution in [3.63, 3.8) is 0 Å². The van der Waals surface area contributed by atoms with Gasteiger partial charge in [0, 0.05) is 30.0 Å². The Hall–Kier alpha value is -3.81. The molecule has 0 aromatic carbocycles. The van der Waals surface area contributed by atoms with Crippen molar-refractivity contribution in [2.24, 2.45) is 0 Å². The van der Waals surface area contributed by atoms with E-state index in [0.29, 0.717) is 22.8 Å². The zero-order valence-corrected chi connectivity index (χ0v) is 14.7. The molecule has 8 nitrogen and oxygen atoms in total. The minimum absolute atomic E-state index is 0.170. The van der Waals surface area contributed by atoms with Crippen molar-refractivity contribution in [3.05, 3.63) is 77.0 Å². The maximum atomic E-state index is 13.0. The van der Waals surface area contributed by atoms with Crippen LogP contribution in [0.25, 0.3) is 28.4 Å². The van der Waals surface area contributed by atoms with Gasteiger partial charge in [-0.2, -0.15) is 5.10 Å². The number of pyridine rings is 1. The topological polar surface area (TPSA) is 82.4 Å². The van der Waals surface area contributed by atoms with Crippen LogP contribution in [0.15, 0.2) is 60.0 Å². The highest BCUT2D eigenvalue weighted by Crippen LogP contribution is 2.24. The van der Waals surface area contributed by atoms with E-state index in [1.54, 1.807) is 52.2 Å². The molecule has 0 saturated heterocycles. The quantitative estimate of drug-likeness (QED) is 0.484. The van der Waals surface area contributed by atoms with Crippen molar-refractivity contribution in [2.75, 3.05) is 0 Å². The maximum absolute atomic E-state index is 13.0.